The lowest BCUT2D eigenvalue weighted by atomic mass is 9.64. The molecule has 1 amide bonds. The maximum atomic E-state index is 13.5. The Morgan fingerprint density at radius 1 is 0.895 bits per heavy atom. The smallest absolute Gasteiger partial charge is 0.256 e. The summed E-state index contributed by atoms with van der Waals surface area (Å²) in [5.74, 6) is -4.10. The van der Waals surface area contributed by atoms with Crippen molar-refractivity contribution in [2.75, 3.05) is 57.5 Å². The molecule has 0 aromatic heterocycles. The molecule has 0 radical (unpaired) electrons. The first-order valence-electron chi connectivity index (χ1n) is 12.9. The number of carbonyl (C=O) groups excluding carboxylic acids is 2. The molecule has 38 heavy (non-hydrogen) atoms. The lowest BCUT2D eigenvalue weighted by Crippen LogP contribution is -2.56. The fourth-order valence-corrected chi connectivity index (χ4v) is 6.79. The maximum absolute atomic E-state index is 13.5. The second-order valence-electron chi connectivity index (χ2n) is 10.4. The molecular weight excluding hydrogens is 494 g/mol. The first kappa shape index (κ1) is 24.8. The number of ether oxygens (including phenoxy) is 2. The van der Waals surface area contributed by atoms with Gasteiger partial charge in [0.05, 0.1) is 38.0 Å². The zero-order valence-corrected chi connectivity index (χ0v) is 20.9. The van der Waals surface area contributed by atoms with Gasteiger partial charge in [-0.3, -0.25) is 14.5 Å². The normalized spacial score (nSPS) is 28.3. The van der Waals surface area contributed by atoms with Crippen LogP contribution in [-0.2, 0) is 25.5 Å². The van der Waals surface area contributed by atoms with Crippen molar-refractivity contribution in [2.45, 2.75) is 18.9 Å². The van der Waals surface area contributed by atoms with Crippen molar-refractivity contribution in [3.05, 3.63) is 51.5 Å². The molecule has 1 aromatic carbocycles. The summed E-state index contributed by atoms with van der Waals surface area (Å²) in [5.41, 5.74) is 7.04. The molecule has 5 aliphatic rings. The van der Waals surface area contributed by atoms with Crippen molar-refractivity contribution in [1.82, 2.24) is 4.90 Å². The standard InChI is InChI=1S/C27H31N3O8/c28-27(36)21-25(34)20-15(22(26(21)35)30-5-9-38-10-6-30)12-13-11-14-16(29-3-7-37-8-4-29)1-2-17(31)19(14)23(32)18(13)24(20)33/h1-2,13,15,22,31-34H,3-12H2,(H2,28,36)/t13-,15?,22+/m0/s1. The third kappa shape index (κ3) is 3.68. The highest BCUT2D eigenvalue weighted by molar-refractivity contribution is 6.22. The monoisotopic (exact) mass is 525 g/mol. The summed E-state index contributed by atoms with van der Waals surface area (Å²) in [5, 5.41) is 44.8. The molecule has 3 atom stereocenters. The van der Waals surface area contributed by atoms with Crippen molar-refractivity contribution >= 4 is 23.1 Å². The number of aromatic hydroxyl groups is 1. The number of aliphatic hydroxyl groups excluding tert-OH is 3. The molecule has 1 unspecified atom stereocenters. The predicted octanol–water partition coefficient (Wildman–Crippen LogP) is 1.08. The van der Waals surface area contributed by atoms with Crippen LogP contribution in [0.25, 0.3) is 5.76 Å². The zero-order valence-electron chi connectivity index (χ0n) is 20.9. The molecule has 2 aliphatic heterocycles. The van der Waals surface area contributed by atoms with E-state index in [0.717, 1.165) is 11.3 Å². The predicted molar refractivity (Wildman–Crippen MR) is 136 cm³/mol. The van der Waals surface area contributed by atoms with Gasteiger partial charge in [0.15, 0.2) is 5.78 Å². The third-order valence-corrected chi connectivity index (χ3v) is 8.46. The molecule has 0 spiro atoms. The fourth-order valence-electron chi connectivity index (χ4n) is 6.79. The Morgan fingerprint density at radius 3 is 2.21 bits per heavy atom. The molecule has 6 rings (SSSR count). The average Bonchev–Trinajstić information content (AvgIpc) is 2.89. The summed E-state index contributed by atoms with van der Waals surface area (Å²) in [6, 6.07) is 2.53. The van der Waals surface area contributed by atoms with E-state index in [0.29, 0.717) is 65.4 Å². The molecule has 11 nitrogen and oxygen atoms in total. The lowest BCUT2D eigenvalue weighted by Gasteiger charge is -2.46. The summed E-state index contributed by atoms with van der Waals surface area (Å²) in [6.07, 6.45) is 0.737. The van der Waals surface area contributed by atoms with Crippen LogP contribution in [0.1, 0.15) is 17.5 Å². The number of phenolic OH excluding ortho intramolecular Hbond substituents is 1. The minimum atomic E-state index is -1.08. The molecule has 1 aromatic rings. The number of rotatable bonds is 3. The van der Waals surface area contributed by atoms with Crippen molar-refractivity contribution in [1.29, 1.82) is 0 Å². The molecule has 0 saturated carbocycles. The van der Waals surface area contributed by atoms with Gasteiger partial charge in [0.25, 0.3) is 5.91 Å². The van der Waals surface area contributed by atoms with E-state index in [4.69, 9.17) is 15.2 Å². The van der Waals surface area contributed by atoms with Crippen LogP contribution < -0.4 is 10.6 Å². The third-order valence-electron chi connectivity index (χ3n) is 8.46. The van der Waals surface area contributed by atoms with Gasteiger partial charge in [-0.1, -0.05) is 0 Å². The number of nitrogens with zero attached hydrogens (tertiary/aromatic N) is 2. The Balaban J connectivity index is 1.52. The molecule has 0 bridgehead atoms. The van der Waals surface area contributed by atoms with Gasteiger partial charge in [-0.15, -0.1) is 0 Å². The van der Waals surface area contributed by atoms with Gasteiger partial charge in [-0.05, 0) is 36.5 Å². The van der Waals surface area contributed by atoms with Crippen molar-refractivity contribution in [3.63, 3.8) is 0 Å². The number of allylic oxidation sites excluding steroid dienone is 2. The first-order chi connectivity index (χ1) is 18.3. The number of phenols is 1. The quantitative estimate of drug-likeness (QED) is 0.361. The van der Waals surface area contributed by atoms with Crippen LogP contribution in [0, 0.1) is 11.8 Å². The van der Waals surface area contributed by atoms with Gasteiger partial charge >= 0.3 is 0 Å². The van der Waals surface area contributed by atoms with Crippen LogP contribution in [-0.4, -0.2) is 95.7 Å². The largest absolute Gasteiger partial charge is 0.507 e. The molecule has 11 heteroatoms. The Bertz CT molecular complexity index is 1300. The summed E-state index contributed by atoms with van der Waals surface area (Å²) < 4.78 is 10.9. The number of morpholine rings is 2. The van der Waals surface area contributed by atoms with Crippen LogP contribution in [0.2, 0.25) is 0 Å². The van der Waals surface area contributed by atoms with Gasteiger partial charge < -0.3 is 40.5 Å². The number of primary amides is 1. The molecule has 202 valence electrons. The van der Waals surface area contributed by atoms with Crippen LogP contribution in [0.3, 0.4) is 0 Å². The number of Topliss-reactive ketones (excluding diaryl/α,β-unsaturated/α-hetero) is 1. The van der Waals surface area contributed by atoms with E-state index in [1.807, 2.05) is 11.0 Å². The number of hydrogen-bond donors (Lipinski definition) is 5. The molecule has 6 N–H and O–H groups in total. The number of ketones is 1. The molecule has 2 heterocycles. The number of fused-ring (bicyclic) bond motifs is 3. The number of benzene rings is 1. The summed E-state index contributed by atoms with van der Waals surface area (Å²) in [4.78, 5) is 29.9. The first-order valence-corrected chi connectivity index (χ1v) is 12.9. The second kappa shape index (κ2) is 9.33. The Kier molecular flexibility index (Phi) is 6.09. The van der Waals surface area contributed by atoms with Gasteiger partial charge in [-0.25, -0.2) is 0 Å². The fraction of sp³-hybridized carbons (Fsp3) is 0.481. The van der Waals surface area contributed by atoms with E-state index in [1.54, 1.807) is 0 Å². The van der Waals surface area contributed by atoms with E-state index in [-0.39, 0.29) is 34.0 Å². The van der Waals surface area contributed by atoms with Gasteiger partial charge in [0, 0.05) is 48.9 Å². The molecule has 2 fully saturated rings. The van der Waals surface area contributed by atoms with E-state index >= 15 is 0 Å². The topological polar surface area (TPSA) is 166 Å². The van der Waals surface area contributed by atoms with Crippen LogP contribution in [0.15, 0.2) is 40.4 Å². The minimum absolute atomic E-state index is 0.0277. The Morgan fingerprint density at radius 2 is 1.55 bits per heavy atom. The average molecular weight is 526 g/mol. The summed E-state index contributed by atoms with van der Waals surface area (Å²) in [6.45, 7) is 4.19. The van der Waals surface area contributed by atoms with Gasteiger partial charge in [0.2, 0.25) is 0 Å². The van der Waals surface area contributed by atoms with Crippen molar-refractivity contribution in [3.8, 4) is 5.75 Å². The molecule has 3 aliphatic carbocycles. The highest BCUT2D eigenvalue weighted by Gasteiger charge is 2.52. The number of aliphatic hydroxyl groups is 3. The summed E-state index contributed by atoms with van der Waals surface area (Å²) >= 11 is 0. The summed E-state index contributed by atoms with van der Waals surface area (Å²) in [7, 11) is 0. The second-order valence-corrected chi connectivity index (χ2v) is 10.4. The maximum Gasteiger partial charge on any atom is 0.256 e. The molecule has 2 saturated heterocycles. The van der Waals surface area contributed by atoms with E-state index in [9.17, 15) is 30.0 Å². The Labute approximate surface area is 219 Å². The number of amides is 1. The van der Waals surface area contributed by atoms with Crippen LogP contribution in [0.5, 0.6) is 5.75 Å². The number of carbonyl (C=O) groups is 2. The van der Waals surface area contributed by atoms with Crippen LogP contribution >= 0.6 is 0 Å². The highest BCUT2D eigenvalue weighted by atomic mass is 16.5. The minimum Gasteiger partial charge on any atom is -0.507 e. The highest BCUT2D eigenvalue weighted by Crippen LogP contribution is 2.53. The number of nitrogens with two attached hydrogens (primary N) is 1. The number of anilines is 1. The lowest BCUT2D eigenvalue weighted by molar-refractivity contribution is -0.128. The Hall–Kier alpha value is -3.54. The van der Waals surface area contributed by atoms with Gasteiger partial charge in [0.1, 0.15) is 28.6 Å². The molecular formula is C27H31N3O8. The number of hydrogen-bond acceptors (Lipinski definition) is 10. The van der Waals surface area contributed by atoms with E-state index < -0.39 is 40.9 Å². The SMILES string of the molecule is NC(=O)C1=C(O)C2=C(O)C3=C(O)c4c(O)ccc(N5CCOCC5)c4C[C@H]3CC2[C@@H](N2CCOCC2)C1=O. The van der Waals surface area contributed by atoms with E-state index in [1.165, 1.54) is 6.07 Å². The zero-order chi connectivity index (χ0) is 26.7. The van der Waals surface area contributed by atoms with Crippen molar-refractivity contribution in [2.24, 2.45) is 17.6 Å². The van der Waals surface area contributed by atoms with Gasteiger partial charge in [-0.2, -0.15) is 0 Å². The van der Waals surface area contributed by atoms with E-state index in [2.05, 4.69) is 4.90 Å². The van der Waals surface area contributed by atoms with Crippen molar-refractivity contribution < 1.29 is 39.5 Å². The van der Waals surface area contributed by atoms with Crippen LogP contribution in [0.4, 0.5) is 5.69 Å².